The van der Waals surface area contributed by atoms with E-state index in [0.29, 0.717) is 36.8 Å². The number of carbonyl (C=O) groups excluding carboxylic acids is 4. The van der Waals surface area contributed by atoms with E-state index in [1.807, 2.05) is 13.8 Å². The zero-order chi connectivity index (χ0) is 40.5. The number of amides is 4. The SMILES string of the molecule is CCCCCN(CCCCC)C(=O)C(CCC(=O)O)NC(=O)c1ccc(Cl)c(Cl)c1.CCCN(CCC)C(=O)C(CCC(=O)O)NC(=O)c1ccccc1. The van der Waals surface area contributed by atoms with Gasteiger partial charge in [0.25, 0.3) is 11.8 Å². The average Bonchev–Trinajstić information content (AvgIpc) is 3.15. The van der Waals surface area contributed by atoms with Gasteiger partial charge in [-0.1, -0.05) is 94.8 Å². The van der Waals surface area contributed by atoms with Crippen LogP contribution in [0, 0.1) is 0 Å². The van der Waals surface area contributed by atoms with Crippen LogP contribution in [0.15, 0.2) is 48.5 Å². The van der Waals surface area contributed by atoms with Crippen LogP contribution in [0.2, 0.25) is 10.0 Å². The molecule has 0 aliphatic heterocycles. The number of carboxylic acid groups (broad SMARTS) is 2. The summed E-state index contributed by atoms with van der Waals surface area (Å²) in [5.41, 5.74) is 0.712. The summed E-state index contributed by atoms with van der Waals surface area (Å²) >= 11 is 11.9. The lowest BCUT2D eigenvalue weighted by Gasteiger charge is -2.28. The Balaban J connectivity index is 0.000000553. The molecular formula is C40H58Cl2N4O8. The van der Waals surface area contributed by atoms with Crippen LogP contribution in [-0.4, -0.2) is 93.8 Å². The fourth-order valence-electron chi connectivity index (χ4n) is 5.51. The molecule has 0 fully saturated rings. The fraction of sp³-hybridized carbons (Fsp3) is 0.550. The molecule has 2 aromatic carbocycles. The Hall–Kier alpha value is -4.16. The number of rotatable bonds is 24. The molecule has 0 heterocycles. The molecule has 0 radical (unpaired) electrons. The van der Waals surface area contributed by atoms with Gasteiger partial charge in [0.1, 0.15) is 12.1 Å². The first-order chi connectivity index (χ1) is 25.8. The standard InChI is InChI=1S/C22H32Cl2N2O4.C18H26N2O4/c1-3-5-7-13-26(14-8-6-4-2)22(30)19(11-12-20(27)28)25-21(29)16-9-10-17(23)18(24)15-16;1-3-12-20(13-4-2)18(24)15(10-11-16(21)22)19-17(23)14-8-6-5-7-9-14/h9-10,15,19H,3-8,11-14H2,1-2H3,(H,25,29)(H,27,28);5-9,15H,3-4,10-13H2,1-2H3,(H,19,23)(H,21,22). The van der Waals surface area contributed by atoms with Crippen LogP contribution in [0.4, 0.5) is 0 Å². The molecule has 2 rings (SSSR count). The third-order valence-electron chi connectivity index (χ3n) is 8.39. The van der Waals surface area contributed by atoms with Gasteiger partial charge in [-0.3, -0.25) is 28.8 Å². The summed E-state index contributed by atoms with van der Waals surface area (Å²) in [6.07, 6.45) is 7.18. The zero-order valence-electron chi connectivity index (χ0n) is 32.1. The van der Waals surface area contributed by atoms with Crippen LogP contribution in [0.3, 0.4) is 0 Å². The first-order valence-electron chi connectivity index (χ1n) is 18.9. The maximum atomic E-state index is 13.2. The summed E-state index contributed by atoms with van der Waals surface area (Å²) in [6, 6.07) is 11.3. The molecule has 0 aliphatic carbocycles. The van der Waals surface area contributed by atoms with Crippen molar-refractivity contribution in [3.05, 3.63) is 69.7 Å². The summed E-state index contributed by atoms with van der Waals surface area (Å²) in [7, 11) is 0. The van der Waals surface area contributed by atoms with E-state index in [2.05, 4.69) is 24.5 Å². The van der Waals surface area contributed by atoms with Crippen molar-refractivity contribution < 1.29 is 39.0 Å². The highest BCUT2D eigenvalue weighted by Gasteiger charge is 2.28. The van der Waals surface area contributed by atoms with Crippen molar-refractivity contribution in [3.63, 3.8) is 0 Å². The molecule has 300 valence electrons. The molecule has 2 aromatic rings. The van der Waals surface area contributed by atoms with Crippen molar-refractivity contribution in [1.29, 1.82) is 0 Å². The van der Waals surface area contributed by atoms with Crippen LogP contribution in [0.1, 0.15) is 125 Å². The van der Waals surface area contributed by atoms with Crippen LogP contribution < -0.4 is 10.6 Å². The van der Waals surface area contributed by atoms with Crippen molar-refractivity contribution in [2.45, 2.75) is 117 Å². The number of hydrogen-bond donors (Lipinski definition) is 4. The third-order valence-corrected chi connectivity index (χ3v) is 9.13. The van der Waals surface area contributed by atoms with E-state index in [-0.39, 0.29) is 54.0 Å². The first-order valence-corrected chi connectivity index (χ1v) is 19.7. The molecule has 0 aromatic heterocycles. The van der Waals surface area contributed by atoms with Gasteiger partial charge < -0.3 is 30.6 Å². The second-order valence-electron chi connectivity index (χ2n) is 13.0. The van der Waals surface area contributed by atoms with Crippen molar-refractivity contribution in [2.24, 2.45) is 0 Å². The van der Waals surface area contributed by atoms with E-state index in [1.54, 1.807) is 40.1 Å². The Kier molecular flexibility index (Phi) is 24.3. The van der Waals surface area contributed by atoms with Crippen LogP contribution >= 0.6 is 23.2 Å². The summed E-state index contributed by atoms with van der Waals surface area (Å²) in [5.74, 6) is -3.31. The molecule has 12 nitrogen and oxygen atoms in total. The van der Waals surface area contributed by atoms with Crippen LogP contribution in [0.5, 0.6) is 0 Å². The minimum atomic E-state index is -1.01. The van der Waals surface area contributed by atoms with E-state index in [0.717, 1.165) is 51.4 Å². The second kappa shape index (κ2) is 27.4. The number of aliphatic carboxylic acids is 2. The van der Waals surface area contributed by atoms with Crippen LogP contribution in [-0.2, 0) is 19.2 Å². The smallest absolute Gasteiger partial charge is 0.303 e. The maximum absolute atomic E-state index is 13.2. The molecule has 2 atom stereocenters. The first kappa shape index (κ1) is 47.9. The number of unbranched alkanes of at least 4 members (excludes halogenated alkanes) is 4. The number of halogens is 2. The highest BCUT2D eigenvalue weighted by Crippen LogP contribution is 2.23. The fourth-order valence-corrected chi connectivity index (χ4v) is 5.81. The molecule has 2 unspecified atom stereocenters. The largest absolute Gasteiger partial charge is 0.481 e. The van der Waals surface area contributed by atoms with Crippen LogP contribution in [0.25, 0.3) is 0 Å². The highest BCUT2D eigenvalue weighted by molar-refractivity contribution is 6.42. The number of carboxylic acids is 2. The van der Waals surface area contributed by atoms with Crippen molar-refractivity contribution in [3.8, 4) is 0 Å². The Labute approximate surface area is 329 Å². The Morgan fingerprint density at radius 1 is 0.574 bits per heavy atom. The van der Waals surface area contributed by atoms with Crippen molar-refractivity contribution >= 4 is 58.8 Å². The molecule has 0 saturated heterocycles. The molecule has 14 heteroatoms. The van der Waals surface area contributed by atoms with Gasteiger partial charge >= 0.3 is 11.9 Å². The number of hydrogen-bond acceptors (Lipinski definition) is 6. The van der Waals surface area contributed by atoms with Gasteiger partial charge in [0.2, 0.25) is 11.8 Å². The molecule has 0 saturated carbocycles. The Bertz CT molecular complexity index is 1460. The van der Waals surface area contributed by atoms with Crippen molar-refractivity contribution in [1.82, 2.24) is 20.4 Å². The molecule has 0 spiro atoms. The molecular weight excluding hydrogens is 735 g/mol. The van der Waals surface area contributed by atoms with Gasteiger partial charge in [-0.25, -0.2) is 0 Å². The van der Waals surface area contributed by atoms with Gasteiger partial charge in [0, 0.05) is 50.1 Å². The van der Waals surface area contributed by atoms with E-state index < -0.39 is 29.9 Å². The lowest BCUT2D eigenvalue weighted by Crippen LogP contribution is -2.49. The number of benzene rings is 2. The normalized spacial score (nSPS) is 11.7. The van der Waals surface area contributed by atoms with Gasteiger partial charge in [-0.2, -0.15) is 0 Å². The van der Waals surface area contributed by atoms with Gasteiger partial charge in [-0.15, -0.1) is 0 Å². The predicted molar refractivity (Wildman–Crippen MR) is 212 cm³/mol. The van der Waals surface area contributed by atoms with E-state index >= 15 is 0 Å². The third kappa shape index (κ3) is 18.7. The number of nitrogens with zero attached hydrogens (tertiary/aromatic N) is 2. The van der Waals surface area contributed by atoms with E-state index in [9.17, 15) is 28.8 Å². The van der Waals surface area contributed by atoms with Gasteiger partial charge in [-0.05, 0) is 68.9 Å². The monoisotopic (exact) mass is 792 g/mol. The summed E-state index contributed by atoms with van der Waals surface area (Å²) in [4.78, 5) is 76.3. The highest BCUT2D eigenvalue weighted by atomic mass is 35.5. The van der Waals surface area contributed by atoms with Crippen molar-refractivity contribution in [2.75, 3.05) is 26.2 Å². The zero-order valence-corrected chi connectivity index (χ0v) is 33.6. The molecule has 4 N–H and O–H groups in total. The topological polar surface area (TPSA) is 173 Å². The Morgan fingerprint density at radius 3 is 1.43 bits per heavy atom. The van der Waals surface area contributed by atoms with E-state index in [1.165, 1.54) is 18.2 Å². The molecule has 0 aliphatic rings. The quantitative estimate of drug-likeness (QED) is 0.0793. The number of nitrogens with one attached hydrogen (secondary N) is 2. The minimum absolute atomic E-state index is 0.0271. The van der Waals surface area contributed by atoms with E-state index in [4.69, 9.17) is 33.4 Å². The average molecular weight is 794 g/mol. The molecule has 54 heavy (non-hydrogen) atoms. The lowest BCUT2D eigenvalue weighted by molar-refractivity contribution is -0.139. The molecule has 4 amide bonds. The predicted octanol–water partition coefficient (Wildman–Crippen LogP) is 7.46. The Morgan fingerprint density at radius 2 is 1.02 bits per heavy atom. The van der Waals surface area contributed by atoms with Gasteiger partial charge in [0.05, 0.1) is 10.0 Å². The maximum Gasteiger partial charge on any atom is 0.303 e. The van der Waals surface area contributed by atoms with Gasteiger partial charge in [0.15, 0.2) is 0 Å². The summed E-state index contributed by atoms with van der Waals surface area (Å²) < 4.78 is 0. The summed E-state index contributed by atoms with van der Waals surface area (Å²) in [5, 5.41) is 23.9. The summed E-state index contributed by atoms with van der Waals surface area (Å²) in [6.45, 7) is 10.5. The second-order valence-corrected chi connectivity index (χ2v) is 13.8. The molecule has 0 bridgehead atoms. The lowest BCUT2D eigenvalue weighted by atomic mass is 10.1. The number of carbonyl (C=O) groups is 6. The minimum Gasteiger partial charge on any atom is -0.481 e.